The van der Waals surface area contributed by atoms with E-state index < -0.39 is 17.8 Å². The lowest BCUT2D eigenvalue weighted by Gasteiger charge is -2.26. The summed E-state index contributed by atoms with van der Waals surface area (Å²) in [7, 11) is 0. The molecule has 5 rings (SSSR count). The topological polar surface area (TPSA) is 137 Å². The predicted octanol–water partition coefficient (Wildman–Crippen LogP) is 4.13. The van der Waals surface area contributed by atoms with Gasteiger partial charge < -0.3 is 30.4 Å². The number of urea groups is 1. The number of hydrogen-bond acceptors (Lipinski definition) is 8. The molecule has 2 aromatic carbocycles. The number of ether oxygens (including phenoxy) is 2. The zero-order chi connectivity index (χ0) is 29.7. The van der Waals surface area contributed by atoms with Crippen LogP contribution in [0.2, 0.25) is 0 Å². The molecule has 2 aromatic heterocycles. The summed E-state index contributed by atoms with van der Waals surface area (Å²) in [6.07, 6.45) is -1.14. The Balaban J connectivity index is 1.27. The van der Waals surface area contributed by atoms with Crippen LogP contribution in [-0.2, 0) is 10.9 Å². The van der Waals surface area contributed by atoms with Crippen molar-refractivity contribution < 1.29 is 27.4 Å². The number of nitrogen functional groups attached to an aromatic ring is 1. The normalized spacial score (nSPS) is 14.1. The number of nitrogens with two attached hydrogens (primary N) is 1. The molecule has 0 bridgehead atoms. The average molecular weight is 584 g/mol. The first-order valence-corrected chi connectivity index (χ1v) is 13.1. The van der Waals surface area contributed by atoms with E-state index in [4.69, 9.17) is 15.2 Å². The lowest BCUT2D eigenvalue weighted by atomic mass is 10.1. The van der Waals surface area contributed by atoms with Crippen LogP contribution < -0.4 is 26.5 Å². The van der Waals surface area contributed by atoms with Crippen LogP contribution in [0.4, 0.5) is 35.2 Å². The number of pyridine rings is 1. The molecule has 14 heteroatoms. The molecule has 42 heavy (non-hydrogen) atoms. The summed E-state index contributed by atoms with van der Waals surface area (Å²) in [6, 6.07) is 10.1. The van der Waals surface area contributed by atoms with E-state index in [-0.39, 0.29) is 34.7 Å². The van der Waals surface area contributed by atoms with Crippen molar-refractivity contribution in [3.63, 3.8) is 0 Å². The lowest BCUT2D eigenvalue weighted by Crippen LogP contribution is -2.37. The van der Waals surface area contributed by atoms with Gasteiger partial charge in [-0.15, -0.1) is 0 Å². The number of halogens is 3. The van der Waals surface area contributed by atoms with Crippen LogP contribution in [0, 0.1) is 0 Å². The molecule has 0 atom stereocenters. The Morgan fingerprint density at radius 3 is 2.55 bits per heavy atom. The van der Waals surface area contributed by atoms with Crippen LogP contribution in [0.3, 0.4) is 0 Å². The fourth-order valence-corrected chi connectivity index (χ4v) is 4.53. The summed E-state index contributed by atoms with van der Waals surface area (Å²) < 4.78 is 52.9. The number of fused-ring (bicyclic) bond motifs is 1. The first-order valence-electron chi connectivity index (χ1n) is 13.1. The second-order valence-electron chi connectivity index (χ2n) is 9.50. The number of rotatable bonds is 8. The Morgan fingerprint density at radius 1 is 1.05 bits per heavy atom. The highest BCUT2D eigenvalue weighted by molar-refractivity contribution is 6.00. The van der Waals surface area contributed by atoms with Crippen LogP contribution in [0.25, 0.3) is 16.7 Å². The van der Waals surface area contributed by atoms with Gasteiger partial charge in [0.15, 0.2) is 11.1 Å². The predicted molar refractivity (Wildman–Crippen MR) is 151 cm³/mol. The Bertz CT molecular complexity index is 1620. The van der Waals surface area contributed by atoms with Gasteiger partial charge in [-0.05, 0) is 48.9 Å². The van der Waals surface area contributed by atoms with Crippen LogP contribution in [-0.4, -0.2) is 64.9 Å². The number of alkyl halides is 3. The first-order chi connectivity index (χ1) is 20.2. The summed E-state index contributed by atoms with van der Waals surface area (Å²) in [5.41, 5.74) is 5.82. The minimum absolute atomic E-state index is 0.0596. The van der Waals surface area contributed by atoms with Gasteiger partial charge in [-0.2, -0.15) is 13.2 Å². The highest BCUT2D eigenvalue weighted by Crippen LogP contribution is 2.35. The molecule has 0 unspecified atom stereocenters. The minimum Gasteiger partial charge on any atom is -0.491 e. The third kappa shape index (κ3) is 6.78. The van der Waals surface area contributed by atoms with E-state index in [1.54, 1.807) is 35.0 Å². The number of carbonyl (C=O) groups excluding carboxylic acids is 1. The summed E-state index contributed by atoms with van der Waals surface area (Å²) in [6.45, 7) is 3.99. The molecule has 1 saturated heterocycles. The molecule has 220 valence electrons. The van der Waals surface area contributed by atoms with Gasteiger partial charge in [-0.25, -0.2) is 14.8 Å². The minimum atomic E-state index is -4.60. The smallest absolute Gasteiger partial charge is 0.416 e. The summed E-state index contributed by atoms with van der Waals surface area (Å²) in [4.78, 5) is 35.3. The molecule has 4 aromatic rings. The molecule has 1 fully saturated rings. The van der Waals surface area contributed by atoms with Gasteiger partial charge in [0.05, 0.1) is 31.1 Å². The van der Waals surface area contributed by atoms with Crippen LogP contribution >= 0.6 is 0 Å². The molecule has 0 aliphatic carbocycles. The molecule has 3 heterocycles. The van der Waals surface area contributed by atoms with E-state index in [0.717, 1.165) is 31.8 Å². The van der Waals surface area contributed by atoms with Crippen molar-refractivity contribution in [3.8, 4) is 11.4 Å². The number of nitrogens with zero attached hydrogens (tertiary/aromatic N) is 4. The maximum Gasteiger partial charge on any atom is 0.416 e. The van der Waals surface area contributed by atoms with Gasteiger partial charge in [0.2, 0.25) is 0 Å². The van der Waals surface area contributed by atoms with Crippen molar-refractivity contribution in [3.05, 3.63) is 76.8 Å². The highest BCUT2D eigenvalue weighted by atomic mass is 19.4. The summed E-state index contributed by atoms with van der Waals surface area (Å²) >= 11 is 0. The van der Waals surface area contributed by atoms with Crippen molar-refractivity contribution >= 4 is 34.3 Å². The van der Waals surface area contributed by atoms with Gasteiger partial charge in [0, 0.05) is 43.3 Å². The standard InChI is InChI=1S/C28H28F3N7O4/c29-28(30,31)18-2-7-23(42-13-1-9-37-11-14-41-15-12-37)21(16-18)36-27(40)35-19-3-5-20(6-4-19)38-10-8-22(39)24-25(32)33-17-34-26(24)38/h2-8,10,16-17H,1,9,11-15H2,(H2,32,33,34)(H2,35,36,40). The zero-order valence-corrected chi connectivity index (χ0v) is 22.4. The Morgan fingerprint density at radius 2 is 1.81 bits per heavy atom. The van der Waals surface area contributed by atoms with Gasteiger partial charge in [0.25, 0.3) is 0 Å². The number of aromatic nitrogens is 3. The molecule has 2 amide bonds. The summed E-state index contributed by atoms with van der Waals surface area (Å²) in [5, 5.41) is 5.26. The fraction of sp³-hybridized carbons (Fsp3) is 0.286. The van der Waals surface area contributed by atoms with E-state index >= 15 is 0 Å². The van der Waals surface area contributed by atoms with E-state index in [1.165, 1.54) is 18.5 Å². The molecule has 0 spiro atoms. The van der Waals surface area contributed by atoms with E-state index in [2.05, 4.69) is 25.5 Å². The molecule has 11 nitrogen and oxygen atoms in total. The van der Waals surface area contributed by atoms with Crippen LogP contribution in [0.1, 0.15) is 12.0 Å². The molecule has 0 saturated carbocycles. The number of amides is 2. The quantitative estimate of drug-likeness (QED) is 0.264. The fourth-order valence-electron chi connectivity index (χ4n) is 4.53. The number of nitrogens with one attached hydrogen (secondary N) is 2. The largest absolute Gasteiger partial charge is 0.491 e. The first kappa shape index (κ1) is 28.8. The van der Waals surface area contributed by atoms with E-state index in [1.807, 2.05) is 0 Å². The maximum absolute atomic E-state index is 13.4. The van der Waals surface area contributed by atoms with Gasteiger partial charge >= 0.3 is 12.2 Å². The molecule has 1 aliphatic rings. The van der Waals surface area contributed by atoms with Gasteiger partial charge in [-0.3, -0.25) is 9.69 Å². The van der Waals surface area contributed by atoms with Crippen molar-refractivity contribution in [2.24, 2.45) is 0 Å². The molecule has 1 aliphatic heterocycles. The number of hydrogen-bond donors (Lipinski definition) is 3. The number of carbonyl (C=O) groups is 1. The van der Waals surface area contributed by atoms with Gasteiger partial charge in [-0.1, -0.05) is 0 Å². The number of benzene rings is 2. The second kappa shape index (κ2) is 12.4. The Kier molecular flexibility index (Phi) is 8.54. The van der Waals surface area contributed by atoms with Crippen molar-refractivity contribution in [1.82, 2.24) is 19.4 Å². The Labute approximate surface area is 238 Å². The summed E-state index contributed by atoms with van der Waals surface area (Å²) in [5.74, 6) is 0.186. The van der Waals surface area contributed by atoms with Crippen LogP contribution in [0.15, 0.2) is 65.8 Å². The van der Waals surface area contributed by atoms with E-state index in [9.17, 15) is 22.8 Å². The third-order valence-corrected chi connectivity index (χ3v) is 6.64. The van der Waals surface area contributed by atoms with E-state index in [0.29, 0.717) is 36.7 Å². The maximum atomic E-state index is 13.4. The van der Waals surface area contributed by atoms with Crippen molar-refractivity contribution in [2.45, 2.75) is 12.6 Å². The highest BCUT2D eigenvalue weighted by Gasteiger charge is 2.31. The number of anilines is 3. The van der Waals surface area contributed by atoms with Crippen LogP contribution in [0.5, 0.6) is 5.75 Å². The third-order valence-electron chi connectivity index (χ3n) is 6.64. The Hall–Kier alpha value is -4.69. The number of morpholine rings is 1. The lowest BCUT2D eigenvalue weighted by molar-refractivity contribution is -0.137. The second-order valence-corrected chi connectivity index (χ2v) is 9.50. The van der Waals surface area contributed by atoms with Gasteiger partial charge in [0.1, 0.15) is 23.3 Å². The molecular weight excluding hydrogens is 555 g/mol. The van der Waals surface area contributed by atoms with Crippen molar-refractivity contribution in [1.29, 1.82) is 0 Å². The zero-order valence-electron chi connectivity index (χ0n) is 22.4. The monoisotopic (exact) mass is 583 g/mol. The SMILES string of the molecule is Nc1ncnc2c1c(=O)ccn2-c1ccc(NC(=O)Nc2cc(C(F)(F)F)ccc2OCCCN2CCOCC2)cc1. The molecule has 0 radical (unpaired) electrons. The van der Waals surface area contributed by atoms with Crippen molar-refractivity contribution in [2.75, 3.05) is 55.8 Å². The molecule has 4 N–H and O–H groups in total. The average Bonchev–Trinajstić information content (AvgIpc) is 2.97. The molecular formula is C28H28F3N7O4.